The van der Waals surface area contributed by atoms with E-state index >= 15 is 0 Å². The van der Waals surface area contributed by atoms with Crippen molar-refractivity contribution in [2.24, 2.45) is 5.73 Å². The topological polar surface area (TPSA) is 101 Å². The molecular weight excluding hydrogens is 186 g/mol. The second-order valence-corrected chi connectivity index (χ2v) is 3.20. The number of nitrogens with one attached hydrogen (secondary N) is 2. The maximum atomic E-state index is 11.2. The summed E-state index contributed by atoms with van der Waals surface area (Å²) in [5, 5.41) is 4.96. The predicted octanol–water partition coefficient (Wildman–Crippen LogP) is -1.74. The summed E-state index contributed by atoms with van der Waals surface area (Å²) in [7, 11) is 0. The van der Waals surface area contributed by atoms with Crippen LogP contribution >= 0.6 is 0 Å². The van der Waals surface area contributed by atoms with Crippen LogP contribution in [0.5, 0.6) is 0 Å². The Morgan fingerprint density at radius 3 is 2.43 bits per heavy atom. The zero-order valence-electron chi connectivity index (χ0n) is 7.87. The highest BCUT2D eigenvalue weighted by atomic mass is 16.2. The van der Waals surface area contributed by atoms with Gasteiger partial charge in [-0.25, -0.2) is 0 Å². The summed E-state index contributed by atoms with van der Waals surface area (Å²) in [6, 6.07) is -1.10. The first-order valence-corrected chi connectivity index (χ1v) is 4.43. The Morgan fingerprint density at radius 1 is 1.36 bits per heavy atom. The highest BCUT2D eigenvalue weighted by Gasteiger charge is 2.33. The average molecular weight is 199 g/mol. The Morgan fingerprint density at radius 2 is 1.93 bits per heavy atom. The van der Waals surface area contributed by atoms with Gasteiger partial charge in [0.1, 0.15) is 0 Å². The fraction of sp³-hybridized carbons (Fsp3) is 0.625. The summed E-state index contributed by atoms with van der Waals surface area (Å²) in [4.78, 5) is 33.0. The van der Waals surface area contributed by atoms with Crippen LogP contribution in [0.4, 0.5) is 0 Å². The largest absolute Gasteiger partial charge is 0.370 e. The molecule has 2 unspecified atom stereocenters. The molecule has 0 aromatic rings. The van der Waals surface area contributed by atoms with Gasteiger partial charge in [0.05, 0.1) is 18.5 Å². The lowest BCUT2D eigenvalue weighted by Gasteiger charge is -2.27. The average Bonchev–Trinajstić information content (AvgIpc) is 2.09. The van der Waals surface area contributed by atoms with Gasteiger partial charge < -0.3 is 5.73 Å². The van der Waals surface area contributed by atoms with Crippen LogP contribution in [-0.2, 0) is 14.4 Å². The van der Waals surface area contributed by atoms with Gasteiger partial charge in [0.25, 0.3) is 0 Å². The Bertz CT molecular complexity index is 277. The quantitative estimate of drug-likeness (QED) is 0.469. The van der Waals surface area contributed by atoms with E-state index in [2.05, 4.69) is 10.6 Å². The second kappa shape index (κ2) is 4.19. The van der Waals surface area contributed by atoms with Crippen LogP contribution in [0.1, 0.15) is 19.8 Å². The molecule has 0 aromatic carbocycles. The maximum Gasteiger partial charge on any atom is 0.244 e. The van der Waals surface area contributed by atoms with Gasteiger partial charge in [0, 0.05) is 0 Å². The van der Waals surface area contributed by atoms with Gasteiger partial charge in [-0.1, -0.05) is 6.92 Å². The number of hydrogen-bond acceptors (Lipinski definition) is 4. The zero-order valence-corrected chi connectivity index (χ0v) is 7.87. The van der Waals surface area contributed by atoms with Crippen molar-refractivity contribution in [3.8, 4) is 0 Å². The highest BCUT2D eigenvalue weighted by Crippen LogP contribution is 2.03. The first kappa shape index (κ1) is 10.6. The molecule has 3 amide bonds. The first-order valence-electron chi connectivity index (χ1n) is 4.43. The molecule has 0 aliphatic carbocycles. The minimum Gasteiger partial charge on any atom is -0.370 e. The molecule has 6 nitrogen and oxygen atoms in total. The van der Waals surface area contributed by atoms with Crippen molar-refractivity contribution in [3.63, 3.8) is 0 Å². The highest BCUT2D eigenvalue weighted by molar-refractivity contribution is 6.03. The molecule has 0 aromatic heterocycles. The van der Waals surface area contributed by atoms with Gasteiger partial charge in [-0.2, -0.15) is 0 Å². The summed E-state index contributed by atoms with van der Waals surface area (Å²) in [6.45, 7) is 1.81. The molecule has 0 bridgehead atoms. The molecule has 4 N–H and O–H groups in total. The number of piperazine rings is 1. The molecule has 0 saturated carbocycles. The van der Waals surface area contributed by atoms with Gasteiger partial charge in [0.2, 0.25) is 17.7 Å². The predicted molar refractivity (Wildman–Crippen MR) is 48.0 cm³/mol. The molecule has 1 saturated heterocycles. The lowest BCUT2D eigenvalue weighted by Crippen LogP contribution is -2.62. The van der Waals surface area contributed by atoms with Crippen LogP contribution < -0.4 is 16.4 Å². The van der Waals surface area contributed by atoms with Crippen molar-refractivity contribution in [2.45, 2.75) is 31.8 Å². The maximum absolute atomic E-state index is 11.2. The van der Waals surface area contributed by atoms with E-state index in [1.54, 1.807) is 0 Å². The number of hydrogen-bond donors (Lipinski definition) is 3. The van der Waals surface area contributed by atoms with Crippen molar-refractivity contribution in [2.75, 3.05) is 0 Å². The molecule has 2 atom stereocenters. The van der Waals surface area contributed by atoms with Crippen molar-refractivity contribution in [1.29, 1.82) is 0 Å². The molecule has 6 heteroatoms. The molecule has 0 radical (unpaired) electrons. The molecule has 1 heterocycles. The fourth-order valence-electron chi connectivity index (χ4n) is 1.35. The Kier molecular flexibility index (Phi) is 3.19. The number of carbonyl (C=O) groups is 3. The summed E-state index contributed by atoms with van der Waals surface area (Å²) < 4.78 is 0. The molecule has 14 heavy (non-hydrogen) atoms. The summed E-state index contributed by atoms with van der Waals surface area (Å²) in [6.07, 6.45) is 0.476. The van der Waals surface area contributed by atoms with Crippen molar-refractivity contribution in [1.82, 2.24) is 10.6 Å². The fourth-order valence-corrected chi connectivity index (χ4v) is 1.35. The van der Waals surface area contributed by atoms with Gasteiger partial charge in [-0.3, -0.25) is 25.0 Å². The van der Waals surface area contributed by atoms with E-state index in [4.69, 9.17) is 5.73 Å². The van der Waals surface area contributed by atoms with Crippen molar-refractivity contribution >= 4 is 17.7 Å². The zero-order chi connectivity index (χ0) is 10.7. The lowest BCUT2D eigenvalue weighted by atomic mass is 10.1. The van der Waals surface area contributed by atoms with Gasteiger partial charge in [0.15, 0.2) is 0 Å². The monoisotopic (exact) mass is 199 g/mol. The number of carbonyl (C=O) groups excluding carboxylic acids is 3. The normalized spacial score (nSPS) is 27.2. The van der Waals surface area contributed by atoms with Gasteiger partial charge >= 0.3 is 0 Å². The van der Waals surface area contributed by atoms with Crippen LogP contribution in [0.3, 0.4) is 0 Å². The van der Waals surface area contributed by atoms with Gasteiger partial charge in [-0.15, -0.1) is 0 Å². The van der Waals surface area contributed by atoms with E-state index in [1.807, 2.05) is 6.92 Å². The first-order chi connectivity index (χ1) is 6.54. The van der Waals surface area contributed by atoms with E-state index in [-0.39, 0.29) is 12.3 Å². The second-order valence-electron chi connectivity index (χ2n) is 3.20. The van der Waals surface area contributed by atoms with Crippen LogP contribution in [-0.4, -0.2) is 29.8 Å². The molecular formula is C8H13N3O3. The standard InChI is InChI=1S/C8H13N3O3/c1-2-4-7(13)11-8(14)5(10-4)3-6(9)12/h4-5,10H,2-3H2,1H3,(H2,9,12)(H,11,13,14). The minimum absolute atomic E-state index is 0.0877. The third-order valence-corrected chi connectivity index (χ3v) is 2.10. The Balaban J connectivity index is 2.64. The number of primary amides is 1. The molecule has 1 aliphatic rings. The van der Waals surface area contributed by atoms with Crippen LogP contribution in [0.15, 0.2) is 0 Å². The van der Waals surface area contributed by atoms with Gasteiger partial charge in [-0.05, 0) is 6.42 Å². The van der Waals surface area contributed by atoms with Crippen LogP contribution in [0.2, 0.25) is 0 Å². The van der Waals surface area contributed by atoms with Crippen molar-refractivity contribution < 1.29 is 14.4 Å². The van der Waals surface area contributed by atoms with E-state index in [9.17, 15) is 14.4 Å². The molecule has 78 valence electrons. The number of rotatable bonds is 3. The lowest BCUT2D eigenvalue weighted by molar-refractivity contribution is -0.138. The summed E-state index contributed by atoms with van der Waals surface area (Å²) in [5.41, 5.74) is 4.96. The smallest absolute Gasteiger partial charge is 0.244 e. The molecule has 1 rings (SSSR count). The van der Waals surface area contributed by atoms with E-state index in [0.717, 1.165) is 0 Å². The van der Waals surface area contributed by atoms with Crippen LogP contribution in [0, 0.1) is 0 Å². The Labute approximate surface area is 81.2 Å². The number of amides is 3. The minimum atomic E-state index is -0.685. The number of nitrogens with two attached hydrogens (primary N) is 1. The summed E-state index contributed by atoms with van der Waals surface area (Å²) >= 11 is 0. The van der Waals surface area contributed by atoms with E-state index < -0.39 is 23.9 Å². The van der Waals surface area contributed by atoms with Crippen LogP contribution in [0.25, 0.3) is 0 Å². The molecule has 1 aliphatic heterocycles. The third kappa shape index (κ3) is 2.29. The van der Waals surface area contributed by atoms with E-state index in [1.165, 1.54) is 0 Å². The Hall–Kier alpha value is -1.43. The third-order valence-electron chi connectivity index (χ3n) is 2.10. The van der Waals surface area contributed by atoms with Crippen molar-refractivity contribution in [3.05, 3.63) is 0 Å². The SMILES string of the molecule is CCC1NC(CC(N)=O)C(=O)NC1=O. The summed E-state index contributed by atoms with van der Waals surface area (Å²) in [5.74, 6) is -1.40. The molecule has 1 fully saturated rings. The molecule has 0 spiro atoms. The van der Waals surface area contributed by atoms with E-state index in [0.29, 0.717) is 6.42 Å². The number of imide groups is 1.